The van der Waals surface area contributed by atoms with Gasteiger partial charge in [-0.2, -0.15) is 0 Å². The summed E-state index contributed by atoms with van der Waals surface area (Å²) in [6.07, 6.45) is 5.47. The molecular weight excluding hydrogens is 184 g/mol. The number of furan rings is 1. The first-order valence-electron chi connectivity index (χ1n) is 5.35. The van der Waals surface area contributed by atoms with Crippen LogP contribution in [-0.2, 0) is 6.42 Å². The van der Waals surface area contributed by atoms with Crippen molar-refractivity contribution in [3.63, 3.8) is 0 Å². The Morgan fingerprint density at radius 3 is 2.87 bits per heavy atom. The molecule has 1 heterocycles. The molecule has 1 nitrogen and oxygen atoms in total. The van der Waals surface area contributed by atoms with Crippen LogP contribution in [0.1, 0.15) is 25.2 Å². The first kappa shape index (κ1) is 8.78. The van der Waals surface area contributed by atoms with Gasteiger partial charge < -0.3 is 4.42 Å². The Hall–Kier alpha value is -1.50. The van der Waals surface area contributed by atoms with E-state index in [1.807, 2.05) is 12.1 Å². The first-order chi connectivity index (χ1) is 7.16. The molecule has 0 spiro atoms. The zero-order valence-electron chi connectivity index (χ0n) is 9.08. The SMILES string of the molecule is CC1(C)C=Cc2c(oc3ccccc23)C1. The van der Waals surface area contributed by atoms with E-state index in [0.717, 1.165) is 17.8 Å². The molecule has 1 heteroatoms. The quantitative estimate of drug-likeness (QED) is 0.623. The molecule has 1 aliphatic carbocycles. The number of allylic oxidation sites excluding steroid dienone is 1. The van der Waals surface area contributed by atoms with Crippen LogP contribution in [0.15, 0.2) is 34.8 Å². The van der Waals surface area contributed by atoms with Gasteiger partial charge in [-0.15, -0.1) is 0 Å². The van der Waals surface area contributed by atoms with E-state index in [2.05, 4.69) is 38.1 Å². The summed E-state index contributed by atoms with van der Waals surface area (Å²) in [6, 6.07) is 8.24. The van der Waals surface area contributed by atoms with Crippen LogP contribution in [-0.4, -0.2) is 0 Å². The predicted octanol–water partition coefficient (Wildman–Crippen LogP) is 4.03. The van der Waals surface area contributed by atoms with E-state index in [1.165, 1.54) is 10.9 Å². The first-order valence-corrected chi connectivity index (χ1v) is 5.35. The number of benzene rings is 1. The standard InChI is InChI=1S/C14H14O/c1-14(2)8-7-11-10-5-3-4-6-12(10)15-13(11)9-14/h3-8H,9H2,1-2H3. The second-order valence-electron chi connectivity index (χ2n) is 4.93. The lowest BCUT2D eigenvalue weighted by molar-refractivity contribution is 0.413. The molecule has 3 rings (SSSR count). The van der Waals surface area contributed by atoms with Crippen LogP contribution >= 0.6 is 0 Å². The predicted molar refractivity (Wildman–Crippen MR) is 62.7 cm³/mol. The molecule has 0 saturated heterocycles. The molecule has 15 heavy (non-hydrogen) atoms. The highest BCUT2D eigenvalue weighted by molar-refractivity contribution is 5.89. The van der Waals surface area contributed by atoms with E-state index in [0.29, 0.717) is 0 Å². The highest BCUT2D eigenvalue weighted by atomic mass is 16.3. The van der Waals surface area contributed by atoms with E-state index in [1.54, 1.807) is 0 Å². The third kappa shape index (κ3) is 1.30. The van der Waals surface area contributed by atoms with Gasteiger partial charge in [0.05, 0.1) is 0 Å². The molecule has 1 aliphatic rings. The van der Waals surface area contributed by atoms with Crippen LogP contribution in [0.3, 0.4) is 0 Å². The Balaban J connectivity index is 2.28. The third-order valence-corrected chi connectivity index (χ3v) is 3.03. The van der Waals surface area contributed by atoms with Crippen molar-refractivity contribution >= 4 is 17.0 Å². The fourth-order valence-electron chi connectivity index (χ4n) is 2.21. The molecule has 1 aromatic carbocycles. The zero-order valence-corrected chi connectivity index (χ0v) is 9.08. The fraction of sp³-hybridized carbons (Fsp3) is 0.286. The number of para-hydroxylation sites is 1. The lowest BCUT2D eigenvalue weighted by Crippen LogP contribution is -2.14. The number of hydrogen-bond donors (Lipinski definition) is 0. The second kappa shape index (κ2) is 2.75. The van der Waals surface area contributed by atoms with Crippen LogP contribution in [0.25, 0.3) is 17.0 Å². The molecule has 0 atom stereocenters. The van der Waals surface area contributed by atoms with E-state index in [9.17, 15) is 0 Å². The van der Waals surface area contributed by atoms with Gasteiger partial charge in [0.1, 0.15) is 11.3 Å². The monoisotopic (exact) mass is 198 g/mol. The molecule has 0 N–H and O–H groups in total. The topological polar surface area (TPSA) is 13.1 Å². The van der Waals surface area contributed by atoms with Crippen LogP contribution in [0.4, 0.5) is 0 Å². The molecule has 0 amide bonds. The smallest absolute Gasteiger partial charge is 0.134 e. The summed E-state index contributed by atoms with van der Waals surface area (Å²) in [5.74, 6) is 1.13. The number of fused-ring (bicyclic) bond motifs is 3. The minimum Gasteiger partial charge on any atom is -0.460 e. The normalized spacial score (nSPS) is 18.0. The van der Waals surface area contributed by atoms with Gasteiger partial charge in [0, 0.05) is 17.4 Å². The Morgan fingerprint density at radius 2 is 2.00 bits per heavy atom. The maximum Gasteiger partial charge on any atom is 0.134 e. The summed E-state index contributed by atoms with van der Waals surface area (Å²) in [5.41, 5.74) is 2.50. The highest BCUT2D eigenvalue weighted by Gasteiger charge is 2.24. The third-order valence-electron chi connectivity index (χ3n) is 3.03. The van der Waals surface area contributed by atoms with E-state index in [-0.39, 0.29) is 5.41 Å². The zero-order chi connectivity index (χ0) is 10.5. The van der Waals surface area contributed by atoms with Gasteiger partial charge in [-0.05, 0) is 11.5 Å². The molecule has 2 aromatic rings. The van der Waals surface area contributed by atoms with Gasteiger partial charge in [0.2, 0.25) is 0 Å². The lowest BCUT2D eigenvalue weighted by atomic mass is 9.82. The molecule has 0 fully saturated rings. The summed E-state index contributed by atoms with van der Waals surface area (Å²) in [6.45, 7) is 4.47. The Morgan fingerprint density at radius 1 is 1.20 bits per heavy atom. The molecule has 0 aliphatic heterocycles. The van der Waals surface area contributed by atoms with Gasteiger partial charge in [0.25, 0.3) is 0 Å². The Labute approximate surface area is 89.4 Å². The average Bonchev–Trinajstić information content (AvgIpc) is 2.52. The minimum absolute atomic E-state index is 0.223. The largest absolute Gasteiger partial charge is 0.460 e. The molecular formula is C14H14O. The molecule has 1 aromatic heterocycles. The van der Waals surface area contributed by atoms with Crippen molar-refractivity contribution < 1.29 is 4.42 Å². The number of hydrogen-bond acceptors (Lipinski definition) is 1. The van der Waals surface area contributed by atoms with Crippen LogP contribution in [0.2, 0.25) is 0 Å². The van der Waals surface area contributed by atoms with Crippen LogP contribution in [0, 0.1) is 5.41 Å². The van der Waals surface area contributed by atoms with Crippen molar-refractivity contribution in [1.82, 2.24) is 0 Å². The maximum absolute atomic E-state index is 5.87. The van der Waals surface area contributed by atoms with Gasteiger partial charge >= 0.3 is 0 Å². The van der Waals surface area contributed by atoms with Crippen LogP contribution < -0.4 is 0 Å². The van der Waals surface area contributed by atoms with Gasteiger partial charge in [-0.1, -0.05) is 44.2 Å². The molecule has 76 valence electrons. The van der Waals surface area contributed by atoms with Crippen molar-refractivity contribution in [2.24, 2.45) is 5.41 Å². The van der Waals surface area contributed by atoms with E-state index in [4.69, 9.17) is 4.42 Å². The van der Waals surface area contributed by atoms with Crippen molar-refractivity contribution in [3.8, 4) is 0 Å². The summed E-state index contributed by atoms with van der Waals surface area (Å²) in [7, 11) is 0. The van der Waals surface area contributed by atoms with Crippen molar-refractivity contribution in [2.75, 3.05) is 0 Å². The van der Waals surface area contributed by atoms with E-state index < -0.39 is 0 Å². The summed E-state index contributed by atoms with van der Waals surface area (Å²) in [4.78, 5) is 0. The highest BCUT2D eigenvalue weighted by Crippen LogP contribution is 2.37. The lowest BCUT2D eigenvalue weighted by Gasteiger charge is -2.22. The van der Waals surface area contributed by atoms with Crippen LogP contribution in [0.5, 0.6) is 0 Å². The van der Waals surface area contributed by atoms with Gasteiger partial charge in [0.15, 0.2) is 0 Å². The summed E-state index contributed by atoms with van der Waals surface area (Å²) >= 11 is 0. The average molecular weight is 198 g/mol. The van der Waals surface area contributed by atoms with Gasteiger partial charge in [-0.25, -0.2) is 0 Å². The molecule has 0 saturated carbocycles. The summed E-state index contributed by atoms with van der Waals surface area (Å²) in [5, 5.41) is 1.24. The minimum atomic E-state index is 0.223. The molecule has 0 bridgehead atoms. The summed E-state index contributed by atoms with van der Waals surface area (Å²) < 4.78 is 5.87. The van der Waals surface area contributed by atoms with Gasteiger partial charge in [-0.3, -0.25) is 0 Å². The maximum atomic E-state index is 5.87. The Bertz CT molecular complexity index is 543. The van der Waals surface area contributed by atoms with E-state index >= 15 is 0 Å². The van der Waals surface area contributed by atoms with Crippen molar-refractivity contribution in [1.29, 1.82) is 0 Å². The molecule has 0 radical (unpaired) electrons. The molecule has 0 unspecified atom stereocenters. The second-order valence-corrected chi connectivity index (χ2v) is 4.93. The Kier molecular flexibility index (Phi) is 1.61. The number of rotatable bonds is 0. The fourth-order valence-corrected chi connectivity index (χ4v) is 2.21. The van der Waals surface area contributed by atoms with Crippen molar-refractivity contribution in [3.05, 3.63) is 41.7 Å². The van der Waals surface area contributed by atoms with Crippen molar-refractivity contribution in [2.45, 2.75) is 20.3 Å².